The van der Waals surface area contributed by atoms with Crippen LogP contribution in [0.2, 0.25) is 0 Å². The summed E-state index contributed by atoms with van der Waals surface area (Å²) in [6.07, 6.45) is 2.02. The molecule has 7 heteroatoms. The maximum Gasteiger partial charge on any atom is 0.191 e. The molecular weight excluding hydrogens is 435 g/mol. The van der Waals surface area contributed by atoms with Gasteiger partial charge in [-0.3, -0.25) is 4.99 Å². The number of nitrogens with one attached hydrogen (secondary N) is 2. The molecule has 24 heavy (non-hydrogen) atoms. The van der Waals surface area contributed by atoms with Crippen LogP contribution in [0.5, 0.6) is 0 Å². The molecule has 0 atom stereocenters. The summed E-state index contributed by atoms with van der Waals surface area (Å²) >= 11 is 1.74. The molecule has 1 aromatic heterocycles. The number of hydrogen-bond acceptors (Lipinski definition) is 4. The maximum atomic E-state index is 5.58. The number of ether oxygens (including phenoxy) is 1. The molecule has 0 aliphatic heterocycles. The Balaban J connectivity index is 0.00000529. The lowest BCUT2D eigenvalue weighted by Gasteiger charge is -2.12. The van der Waals surface area contributed by atoms with Crippen molar-refractivity contribution in [3.8, 4) is 0 Å². The number of thiazole rings is 1. The van der Waals surface area contributed by atoms with Crippen molar-refractivity contribution in [3.63, 3.8) is 0 Å². The Labute approximate surface area is 168 Å². The van der Waals surface area contributed by atoms with Crippen LogP contribution in [-0.4, -0.2) is 44.3 Å². The molecule has 0 fully saturated rings. The van der Waals surface area contributed by atoms with Crippen LogP contribution in [0.25, 0.3) is 0 Å². The van der Waals surface area contributed by atoms with Gasteiger partial charge in [-0.1, -0.05) is 27.7 Å². The van der Waals surface area contributed by atoms with E-state index in [2.05, 4.69) is 53.7 Å². The van der Waals surface area contributed by atoms with Crippen LogP contribution in [0, 0.1) is 5.92 Å². The highest BCUT2D eigenvalue weighted by Crippen LogP contribution is 2.19. The van der Waals surface area contributed by atoms with Crippen molar-refractivity contribution in [1.29, 1.82) is 0 Å². The molecule has 0 spiro atoms. The number of guanidine groups is 1. The third-order valence-electron chi connectivity index (χ3n) is 3.34. The number of halogens is 1. The van der Waals surface area contributed by atoms with Gasteiger partial charge in [0, 0.05) is 44.5 Å². The van der Waals surface area contributed by atoms with Crippen molar-refractivity contribution in [2.75, 3.05) is 33.4 Å². The Bertz CT molecular complexity index is 463. The van der Waals surface area contributed by atoms with Crippen LogP contribution in [0.4, 0.5) is 0 Å². The van der Waals surface area contributed by atoms with Gasteiger partial charge in [0.25, 0.3) is 0 Å². The highest BCUT2D eigenvalue weighted by atomic mass is 127. The predicted molar refractivity (Wildman–Crippen MR) is 115 cm³/mol. The minimum absolute atomic E-state index is 0. The van der Waals surface area contributed by atoms with E-state index in [1.807, 2.05) is 0 Å². The molecular formula is C17H33IN4OS. The standard InChI is InChI=1S/C17H32N4OS.HI/c1-13(2)7-10-22-11-9-20-17(18-5)19-8-6-15-12-23-16(21-15)14(3)4;/h12-14H,6-11H2,1-5H3,(H2,18,19,20);1H. The first-order chi connectivity index (χ1) is 11.0. The summed E-state index contributed by atoms with van der Waals surface area (Å²) in [6, 6.07) is 0. The number of rotatable bonds is 10. The minimum atomic E-state index is 0. The summed E-state index contributed by atoms with van der Waals surface area (Å²) in [5.74, 6) is 2.02. The molecule has 0 bridgehead atoms. The molecule has 1 rings (SSSR count). The van der Waals surface area contributed by atoms with Gasteiger partial charge in [-0.2, -0.15) is 0 Å². The van der Waals surface area contributed by atoms with Gasteiger partial charge in [-0.05, 0) is 12.3 Å². The number of aliphatic imine (C=N–C) groups is 1. The molecule has 1 heterocycles. The van der Waals surface area contributed by atoms with Crippen molar-refractivity contribution < 1.29 is 4.74 Å². The molecule has 0 amide bonds. The van der Waals surface area contributed by atoms with Crippen LogP contribution >= 0.6 is 35.3 Å². The first-order valence-corrected chi connectivity index (χ1v) is 9.37. The van der Waals surface area contributed by atoms with Gasteiger partial charge in [-0.15, -0.1) is 35.3 Å². The second kappa shape index (κ2) is 13.8. The third kappa shape index (κ3) is 10.5. The molecule has 140 valence electrons. The maximum absolute atomic E-state index is 5.58. The second-order valence-electron chi connectivity index (χ2n) is 6.30. The summed E-state index contributed by atoms with van der Waals surface area (Å²) in [5, 5.41) is 9.93. The lowest BCUT2D eigenvalue weighted by Crippen LogP contribution is -2.39. The van der Waals surface area contributed by atoms with Crippen molar-refractivity contribution in [3.05, 3.63) is 16.1 Å². The normalized spacial score (nSPS) is 11.7. The van der Waals surface area contributed by atoms with Crippen molar-refractivity contribution in [1.82, 2.24) is 15.6 Å². The quantitative estimate of drug-likeness (QED) is 0.238. The Hall–Kier alpha value is -0.410. The van der Waals surface area contributed by atoms with Gasteiger partial charge in [0.15, 0.2) is 5.96 Å². The Morgan fingerprint density at radius 3 is 2.50 bits per heavy atom. The van der Waals surface area contributed by atoms with Crippen molar-refractivity contribution >= 4 is 41.3 Å². The van der Waals surface area contributed by atoms with Gasteiger partial charge in [0.05, 0.1) is 17.3 Å². The van der Waals surface area contributed by atoms with Gasteiger partial charge in [0.1, 0.15) is 0 Å². The molecule has 0 saturated carbocycles. The number of hydrogen-bond donors (Lipinski definition) is 2. The SMILES string of the molecule is CN=C(NCCOCCC(C)C)NCCc1csc(C(C)C)n1.I. The third-order valence-corrected chi connectivity index (χ3v) is 4.53. The molecule has 0 aliphatic rings. The Morgan fingerprint density at radius 1 is 1.21 bits per heavy atom. The van der Waals surface area contributed by atoms with E-state index in [0.717, 1.165) is 44.2 Å². The smallest absolute Gasteiger partial charge is 0.191 e. The molecule has 0 saturated heterocycles. The zero-order valence-corrected chi connectivity index (χ0v) is 18.7. The second-order valence-corrected chi connectivity index (χ2v) is 7.19. The molecule has 5 nitrogen and oxygen atoms in total. The van der Waals surface area contributed by atoms with E-state index in [1.165, 1.54) is 5.01 Å². The fourth-order valence-electron chi connectivity index (χ4n) is 1.89. The minimum Gasteiger partial charge on any atom is -0.380 e. The van der Waals surface area contributed by atoms with E-state index in [4.69, 9.17) is 4.74 Å². The topological polar surface area (TPSA) is 58.5 Å². The van der Waals surface area contributed by atoms with E-state index < -0.39 is 0 Å². The Kier molecular flexibility index (Phi) is 13.6. The molecule has 0 unspecified atom stereocenters. The largest absolute Gasteiger partial charge is 0.380 e. The van der Waals surface area contributed by atoms with Crippen LogP contribution in [0.15, 0.2) is 10.4 Å². The molecule has 1 aromatic rings. The fraction of sp³-hybridized carbons (Fsp3) is 0.765. The van der Waals surface area contributed by atoms with E-state index in [0.29, 0.717) is 18.4 Å². The van der Waals surface area contributed by atoms with Crippen molar-refractivity contribution in [2.24, 2.45) is 10.9 Å². The average molecular weight is 468 g/mol. The summed E-state index contributed by atoms with van der Waals surface area (Å²) in [7, 11) is 1.79. The van der Waals surface area contributed by atoms with E-state index in [1.54, 1.807) is 18.4 Å². The van der Waals surface area contributed by atoms with Crippen LogP contribution in [0.3, 0.4) is 0 Å². The van der Waals surface area contributed by atoms with Crippen LogP contribution in [-0.2, 0) is 11.2 Å². The monoisotopic (exact) mass is 468 g/mol. The molecule has 0 radical (unpaired) electrons. The highest BCUT2D eigenvalue weighted by molar-refractivity contribution is 14.0. The highest BCUT2D eigenvalue weighted by Gasteiger charge is 2.05. The van der Waals surface area contributed by atoms with E-state index in [9.17, 15) is 0 Å². The van der Waals surface area contributed by atoms with Gasteiger partial charge < -0.3 is 15.4 Å². The fourth-order valence-corrected chi connectivity index (χ4v) is 2.76. The first kappa shape index (κ1) is 23.6. The Morgan fingerprint density at radius 2 is 1.92 bits per heavy atom. The van der Waals surface area contributed by atoms with Crippen molar-refractivity contribution in [2.45, 2.75) is 46.5 Å². The van der Waals surface area contributed by atoms with Gasteiger partial charge in [-0.25, -0.2) is 4.98 Å². The first-order valence-electron chi connectivity index (χ1n) is 8.49. The van der Waals surface area contributed by atoms with E-state index >= 15 is 0 Å². The predicted octanol–water partition coefficient (Wildman–Crippen LogP) is 3.65. The summed E-state index contributed by atoms with van der Waals surface area (Å²) in [6.45, 7) is 11.9. The number of nitrogens with zero attached hydrogens (tertiary/aromatic N) is 2. The zero-order chi connectivity index (χ0) is 17.1. The van der Waals surface area contributed by atoms with Gasteiger partial charge in [0.2, 0.25) is 0 Å². The van der Waals surface area contributed by atoms with Gasteiger partial charge >= 0.3 is 0 Å². The number of aromatic nitrogens is 1. The van der Waals surface area contributed by atoms with Crippen LogP contribution in [0.1, 0.15) is 50.7 Å². The lowest BCUT2D eigenvalue weighted by molar-refractivity contribution is 0.128. The van der Waals surface area contributed by atoms with Crippen LogP contribution < -0.4 is 10.6 Å². The van der Waals surface area contributed by atoms with E-state index in [-0.39, 0.29) is 24.0 Å². The molecule has 0 aromatic carbocycles. The lowest BCUT2D eigenvalue weighted by atomic mass is 10.1. The average Bonchev–Trinajstić information content (AvgIpc) is 2.97. The summed E-state index contributed by atoms with van der Waals surface area (Å²) < 4.78 is 5.58. The zero-order valence-electron chi connectivity index (χ0n) is 15.6. The molecule has 2 N–H and O–H groups in total. The summed E-state index contributed by atoms with van der Waals surface area (Å²) in [5.41, 5.74) is 1.15. The summed E-state index contributed by atoms with van der Waals surface area (Å²) in [4.78, 5) is 8.86. The molecule has 0 aliphatic carbocycles.